The summed E-state index contributed by atoms with van der Waals surface area (Å²) < 4.78 is 41.7. The van der Waals surface area contributed by atoms with Crippen LogP contribution in [0.3, 0.4) is 0 Å². The van der Waals surface area contributed by atoms with E-state index in [0.717, 1.165) is 5.56 Å². The van der Waals surface area contributed by atoms with Gasteiger partial charge < -0.3 is 20.0 Å². The first kappa shape index (κ1) is 20.2. The number of carboxylic acids is 1. The summed E-state index contributed by atoms with van der Waals surface area (Å²) in [6.45, 7) is 0. The van der Waals surface area contributed by atoms with Crippen LogP contribution in [-0.4, -0.2) is 30.3 Å². The van der Waals surface area contributed by atoms with Gasteiger partial charge in [-0.15, -0.1) is 0 Å². The van der Waals surface area contributed by atoms with Crippen molar-refractivity contribution in [3.8, 4) is 0 Å². The molecule has 1 aromatic heterocycles. The minimum absolute atomic E-state index is 0.177. The minimum Gasteiger partial charge on any atom is -0.475 e. The van der Waals surface area contributed by atoms with Crippen LogP contribution in [0.5, 0.6) is 0 Å². The van der Waals surface area contributed by atoms with Crippen molar-refractivity contribution in [3.63, 3.8) is 0 Å². The van der Waals surface area contributed by atoms with Gasteiger partial charge in [-0.1, -0.05) is 30.3 Å². The molecule has 0 saturated carbocycles. The fraction of sp³-hybridized carbons (Fsp3) is 0.250. The lowest BCUT2D eigenvalue weighted by Gasteiger charge is -2.08. The molecule has 6 nitrogen and oxygen atoms in total. The summed E-state index contributed by atoms with van der Waals surface area (Å²) in [5.41, 5.74) is 7.16. The van der Waals surface area contributed by atoms with Gasteiger partial charge in [0.1, 0.15) is 5.76 Å². The summed E-state index contributed by atoms with van der Waals surface area (Å²) in [6, 6.07) is 12.9. The number of nitrogens with two attached hydrogens (primary N) is 1. The Kier molecular flexibility index (Phi) is 7.19. The molecule has 1 aromatic carbocycles. The molecule has 1 heterocycles. The van der Waals surface area contributed by atoms with Crippen molar-refractivity contribution < 1.29 is 37.0 Å². The summed E-state index contributed by atoms with van der Waals surface area (Å²) in [4.78, 5) is 20.1. The average molecular weight is 359 g/mol. The number of carbonyl (C=O) groups excluding carboxylic acids is 1. The van der Waals surface area contributed by atoms with Crippen molar-refractivity contribution in [3.05, 3.63) is 59.5 Å². The molecule has 2 rings (SSSR count). The van der Waals surface area contributed by atoms with Crippen LogP contribution >= 0.6 is 0 Å². The zero-order chi connectivity index (χ0) is 19.0. The molecule has 0 amide bonds. The van der Waals surface area contributed by atoms with E-state index < -0.39 is 18.1 Å². The zero-order valence-corrected chi connectivity index (χ0v) is 13.1. The number of hydrogen-bond donors (Lipinski definition) is 2. The lowest BCUT2D eigenvalue weighted by atomic mass is 10.1. The molecule has 0 aliphatic carbocycles. The highest BCUT2D eigenvalue weighted by Gasteiger charge is 2.38. The number of rotatable bonds is 4. The Morgan fingerprint density at radius 3 is 2.24 bits per heavy atom. The molecule has 9 heteroatoms. The summed E-state index contributed by atoms with van der Waals surface area (Å²) in [6.07, 6.45) is -4.42. The van der Waals surface area contributed by atoms with E-state index in [2.05, 4.69) is 4.74 Å². The molecular weight excluding hydrogens is 343 g/mol. The molecular formula is C16H16F3NO5. The normalized spacial score (nSPS) is 11.9. The van der Waals surface area contributed by atoms with Crippen LogP contribution in [0.2, 0.25) is 0 Å². The van der Waals surface area contributed by atoms with Crippen molar-refractivity contribution in [2.24, 2.45) is 5.73 Å². The highest BCUT2D eigenvalue weighted by Crippen LogP contribution is 2.19. The third-order valence-corrected chi connectivity index (χ3v) is 2.92. The van der Waals surface area contributed by atoms with Crippen molar-refractivity contribution in [2.75, 3.05) is 7.11 Å². The highest BCUT2D eigenvalue weighted by atomic mass is 19.4. The molecule has 0 bridgehead atoms. The number of carbonyl (C=O) groups is 2. The molecule has 0 saturated heterocycles. The molecule has 0 aliphatic heterocycles. The van der Waals surface area contributed by atoms with Crippen LogP contribution in [-0.2, 0) is 16.0 Å². The van der Waals surface area contributed by atoms with Crippen molar-refractivity contribution in [1.29, 1.82) is 0 Å². The maximum Gasteiger partial charge on any atom is 0.490 e. The molecule has 1 atom stereocenters. The first-order valence-corrected chi connectivity index (χ1v) is 6.92. The molecule has 3 N–H and O–H groups in total. The fourth-order valence-corrected chi connectivity index (χ4v) is 1.73. The van der Waals surface area contributed by atoms with Gasteiger partial charge in [0, 0.05) is 0 Å². The number of methoxy groups -OCH3 is 1. The van der Waals surface area contributed by atoms with E-state index in [1.54, 1.807) is 12.1 Å². The quantitative estimate of drug-likeness (QED) is 0.814. The first-order valence-electron chi connectivity index (χ1n) is 6.92. The lowest BCUT2D eigenvalue weighted by molar-refractivity contribution is -0.192. The van der Waals surface area contributed by atoms with Gasteiger partial charge in [-0.2, -0.15) is 13.2 Å². The van der Waals surface area contributed by atoms with Gasteiger partial charge in [0.25, 0.3) is 0 Å². The standard InChI is InChI=1S/C14H15NO3.C2HF3O2/c1-17-14(16)13-8-7-12(18-13)11(15)9-10-5-3-2-4-6-10;3-2(4,5)1(6)7/h2-8,11H,9,15H2,1H3;(H,6,7)/t11-;/m1./s1. The summed E-state index contributed by atoms with van der Waals surface area (Å²) in [5.74, 6) is -2.49. The second-order valence-corrected chi connectivity index (χ2v) is 4.79. The summed E-state index contributed by atoms with van der Waals surface area (Å²) >= 11 is 0. The number of hydrogen-bond acceptors (Lipinski definition) is 5. The Balaban J connectivity index is 0.000000381. The number of esters is 1. The number of furan rings is 1. The predicted octanol–water partition coefficient (Wildman–Crippen LogP) is 2.94. The molecule has 0 aliphatic rings. The molecule has 0 fully saturated rings. The first-order chi connectivity index (χ1) is 11.6. The molecule has 25 heavy (non-hydrogen) atoms. The lowest BCUT2D eigenvalue weighted by Crippen LogP contribution is -2.21. The van der Waals surface area contributed by atoms with Crippen LogP contribution in [0.4, 0.5) is 13.2 Å². The smallest absolute Gasteiger partial charge is 0.475 e. The van der Waals surface area contributed by atoms with Gasteiger partial charge in [0.2, 0.25) is 5.76 Å². The van der Waals surface area contributed by atoms with Crippen molar-refractivity contribution >= 4 is 11.9 Å². The zero-order valence-electron chi connectivity index (χ0n) is 13.1. The van der Waals surface area contributed by atoms with Crippen molar-refractivity contribution in [1.82, 2.24) is 0 Å². The predicted molar refractivity (Wildman–Crippen MR) is 80.8 cm³/mol. The summed E-state index contributed by atoms with van der Waals surface area (Å²) in [5, 5.41) is 7.12. The molecule has 0 unspecified atom stereocenters. The molecule has 2 aromatic rings. The van der Waals surface area contributed by atoms with Crippen LogP contribution < -0.4 is 5.73 Å². The van der Waals surface area contributed by atoms with E-state index in [4.69, 9.17) is 20.1 Å². The van der Waals surface area contributed by atoms with E-state index in [1.165, 1.54) is 7.11 Å². The van der Waals surface area contributed by atoms with Gasteiger partial charge in [-0.25, -0.2) is 9.59 Å². The topological polar surface area (TPSA) is 103 Å². The molecule has 0 radical (unpaired) electrons. The number of benzene rings is 1. The second-order valence-electron chi connectivity index (χ2n) is 4.79. The third kappa shape index (κ3) is 6.68. The Morgan fingerprint density at radius 2 is 1.76 bits per heavy atom. The molecule has 136 valence electrons. The van der Waals surface area contributed by atoms with E-state index in [9.17, 15) is 18.0 Å². The Hall–Kier alpha value is -2.81. The van der Waals surface area contributed by atoms with Gasteiger partial charge in [0.05, 0.1) is 13.2 Å². The van der Waals surface area contributed by atoms with E-state index in [-0.39, 0.29) is 11.8 Å². The van der Waals surface area contributed by atoms with Crippen LogP contribution in [0.25, 0.3) is 0 Å². The van der Waals surface area contributed by atoms with Crippen LogP contribution in [0.15, 0.2) is 46.9 Å². The fourth-order valence-electron chi connectivity index (χ4n) is 1.73. The van der Waals surface area contributed by atoms with Crippen LogP contribution in [0, 0.1) is 0 Å². The SMILES string of the molecule is COC(=O)c1ccc([C@H](N)Cc2ccccc2)o1.O=C(O)C(F)(F)F. The minimum atomic E-state index is -5.08. The van der Waals surface area contributed by atoms with E-state index in [0.29, 0.717) is 12.2 Å². The van der Waals surface area contributed by atoms with E-state index in [1.807, 2.05) is 30.3 Å². The third-order valence-electron chi connectivity index (χ3n) is 2.92. The number of carboxylic acid groups (broad SMARTS) is 1. The van der Waals surface area contributed by atoms with E-state index >= 15 is 0 Å². The van der Waals surface area contributed by atoms with Gasteiger partial charge in [-0.3, -0.25) is 0 Å². The Labute approximate surface area is 141 Å². The van der Waals surface area contributed by atoms with Crippen molar-refractivity contribution in [2.45, 2.75) is 18.6 Å². The number of ether oxygens (including phenoxy) is 1. The number of aliphatic carboxylic acids is 1. The van der Waals surface area contributed by atoms with Crippen LogP contribution in [0.1, 0.15) is 27.9 Å². The molecule has 0 spiro atoms. The maximum atomic E-state index is 11.3. The van der Waals surface area contributed by atoms with Gasteiger partial charge in [-0.05, 0) is 24.1 Å². The largest absolute Gasteiger partial charge is 0.490 e. The Bertz CT molecular complexity index is 697. The number of alkyl halides is 3. The number of halogens is 3. The van der Waals surface area contributed by atoms with Gasteiger partial charge >= 0.3 is 18.1 Å². The summed E-state index contributed by atoms with van der Waals surface area (Å²) in [7, 11) is 1.31. The second kappa shape index (κ2) is 8.88. The highest BCUT2D eigenvalue weighted by molar-refractivity contribution is 5.86. The average Bonchev–Trinajstić information content (AvgIpc) is 3.05. The maximum absolute atomic E-state index is 11.3. The monoisotopic (exact) mass is 359 g/mol. The van der Waals surface area contributed by atoms with Gasteiger partial charge in [0.15, 0.2) is 0 Å². The Morgan fingerprint density at radius 1 is 1.20 bits per heavy atom.